The number of rotatable bonds is 4. The first-order valence-corrected chi connectivity index (χ1v) is 7.27. The summed E-state index contributed by atoms with van der Waals surface area (Å²) in [5.74, 6) is 0.190. The zero-order valence-corrected chi connectivity index (χ0v) is 13.1. The molecule has 0 saturated carbocycles. The minimum atomic E-state index is -0.460. The van der Waals surface area contributed by atoms with Gasteiger partial charge in [0.2, 0.25) is 5.28 Å². The van der Waals surface area contributed by atoms with Crippen molar-refractivity contribution in [3.63, 3.8) is 0 Å². The molecule has 1 aliphatic heterocycles. The molecule has 7 heteroatoms. The Hall–Kier alpha value is -2.31. The normalized spacial score (nSPS) is 16.3. The van der Waals surface area contributed by atoms with Gasteiger partial charge in [0, 0.05) is 24.6 Å². The molecule has 1 aromatic carbocycles. The Morgan fingerprint density at radius 1 is 1.41 bits per heavy atom. The molecule has 1 fully saturated rings. The Labute approximate surface area is 130 Å². The molecule has 0 spiro atoms. The van der Waals surface area contributed by atoms with E-state index in [9.17, 15) is 10.0 Å². The number of hydrogen-bond donors (Lipinski definition) is 1. The third-order valence-electron chi connectivity index (χ3n) is 3.75. The van der Waals surface area contributed by atoms with Gasteiger partial charge in [-0.3, -0.25) is 4.79 Å². The monoisotopic (exact) mass is 306 g/mol. The topological polar surface area (TPSA) is 82.2 Å². The standard InChI is InChI=1S/C15H22N4O3/c1-15(2,3)18(19(22)16-21)11-12-9-17(10-12)14(20)13-7-5-4-6-8-13/h4-8,12,21H,9-11H2,1-3H3. The van der Waals surface area contributed by atoms with E-state index >= 15 is 0 Å². The van der Waals surface area contributed by atoms with Crippen LogP contribution in [0.15, 0.2) is 35.6 Å². The van der Waals surface area contributed by atoms with Crippen LogP contribution in [0.1, 0.15) is 31.1 Å². The van der Waals surface area contributed by atoms with E-state index in [-0.39, 0.29) is 16.8 Å². The van der Waals surface area contributed by atoms with Gasteiger partial charge in [-0.25, -0.2) is 0 Å². The Morgan fingerprint density at radius 3 is 2.50 bits per heavy atom. The first kappa shape index (κ1) is 16.1. The molecule has 7 nitrogen and oxygen atoms in total. The highest BCUT2D eigenvalue weighted by atomic mass is 16.6. The second kappa shape index (κ2) is 6.21. The maximum atomic E-state index is 12.2. The first-order valence-electron chi connectivity index (χ1n) is 7.27. The van der Waals surface area contributed by atoms with Gasteiger partial charge in [-0.1, -0.05) is 18.2 Å². The minimum absolute atomic E-state index is 0.00461. The second-order valence-corrected chi connectivity index (χ2v) is 6.54. The smallest absolute Gasteiger partial charge is 0.253 e. The molecule has 0 aliphatic carbocycles. The van der Waals surface area contributed by atoms with E-state index in [1.165, 1.54) is 5.01 Å². The SMILES string of the molecule is CC(C)(C)N(CC1CN(C(=O)c2ccccc2)C1)[N+]([O-])=NO. The van der Waals surface area contributed by atoms with Crippen LogP contribution in [0.4, 0.5) is 0 Å². The fraction of sp³-hybridized carbons (Fsp3) is 0.533. The van der Waals surface area contributed by atoms with Crippen LogP contribution in [0.5, 0.6) is 0 Å². The van der Waals surface area contributed by atoms with Crippen LogP contribution in [-0.2, 0) is 0 Å². The van der Waals surface area contributed by atoms with Crippen LogP contribution >= 0.6 is 0 Å². The number of hydrazine groups is 1. The fourth-order valence-electron chi connectivity index (χ4n) is 2.51. The maximum Gasteiger partial charge on any atom is 0.253 e. The molecular formula is C15H22N4O3. The van der Waals surface area contributed by atoms with E-state index in [0.717, 1.165) is 0 Å². The highest BCUT2D eigenvalue weighted by molar-refractivity contribution is 5.94. The van der Waals surface area contributed by atoms with Crippen molar-refractivity contribution < 1.29 is 15.0 Å². The molecule has 0 bridgehead atoms. The predicted octanol–water partition coefficient (Wildman–Crippen LogP) is 2.13. The Balaban J connectivity index is 1.92. The average Bonchev–Trinajstić information content (AvgIpc) is 2.44. The quantitative estimate of drug-likeness (QED) is 0.525. The zero-order valence-electron chi connectivity index (χ0n) is 13.1. The maximum absolute atomic E-state index is 12.2. The van der Waals surface area contributed by atoms with Gasteiger partial charge in [-0.15, -0.1) is 5.01 Å². The summed E-state index contributed by atoms with van der Waals surface area (Å²) in [4.78, 5) is 14.2. The number of amides is 1. The van der Waals surface area contributed by atoms with Gasteiger partial charge in [0.15, 0.2) is 0 Å². The van der Waals surface area contributed by atoms with Crippen molar-refractivity contribution >= 4 is 5.91 Å². The molecule has 1 heterocycles. The predicted molar refractivity (Wildman–Crippen MR) is 80.1 cm³/mol. The molecule has 2 rings (SSSR count). The van der Waals surface area contributed by atoms with Crippen molar-refractivity contribution in [2.75, 3.05) is 19.6 Å². The summed E-state index contributed by atoms with van der Waals surface area (Å²) in [7, 11) is 0. The lowest BCUT2D eigenvalue weighted by Gasteiger charge is -2.42. The van der Waals surface area contributed by atoms with Gasteiger partial charge in [0.25, 0.3) is 5.91 Å². The van der Waals surface area contributed by atoms with Crippen molar-refractivity contribution in [1.29, 1.82) is 0 Å². The summed E-state index contributed by atoms with van der Waals surface area (Å²) < 4.78 is 0. The second-order valence-electron chi connectivity index (χ2n) is 6.54. The van der Waals surface area contributed by atoms with Crippen LogP contribution in [0, 0.1) is 11.1 Å². The van der Waals surface area contributed by atoms with Crippen LogP contribution < -0.4 is 0 Å². The molecule has 1 aromatic rings. The van der Waals surface area contributed by atoms with Gasteiger partial charge < -0.3 is 15.3 Å². The lowest BCUT2D eigenvalue weighted by atomic mass is 9.96. The first-order chi connectivity index (χ1) is 10.3. The number of likely N-dealkylation sites (tertiary alicyclic amines) is 1. The molecule has 22 heavy (non-hydrogen) atoms. The molecule has 1 aliphatic rings. The fourth-order valence-corrected chi connectivity index (χ4v) is 2.51. The average molecular weight is 306 g/mol. The Bertz CT molecular complexity index is 548. The molecular weight excluding hydrogens is 284 g/mol. The van der Waals surface area contributed by atoms with E-state index < -0.39 is 5.54 Å². The van der Waals surface area contributed by atoms with Gasteiger partial charge >= 0.3 is 0 Å². The highest BCUT2D eigenvalue weighted by Crippen LogP contribution is 2.23. The Morgan fingerprint density at radius 2 is 2.00 bits per heavy atom. The number of hydrogen-bond acceptors (Lipinski definition) is 3. The summed E-state index contributed by atoms with van der Waals surface area (Å²) in [6.07, 6.45) is 0. The molecule has 0 aromatic heterocycles. The van der Waals surface area contributed by atoms with E-state index in [2.05, 4.69) is 5.28 Å². The third-order valence-corrected chi connectivity index (χ3v) is 3.75. The molecule has 120 valence electrons. The van der Waals surface area contributed by atoms with Crippen molar-refractivity contribution in [1.82, 2.24) is 9.91 Å². The van der Waals surface area contributed by atoms with Crippen molar-refractivity contribution in [2.24, 2.45) is 11.2 Å². The summed E-state index contributed by atoms with van der Waals surface area (Å²) in [6.45, 7) is 7.24. The zero-order chi connectivity index (χ0) is 16.3. The minimum Gasteiger partial charge on any atom is -0.569 e. The third kappa shape index (κ3) is 3.47. The van der Waals surface area contributed by atoms with Crippen molar-refractivity contribution in [2.45, 2.75) is 26.3 Å². The van der Waals surface area contributed by atoms with Crippen molar-refractivity contribution in [3.8, 4) is 0 Å². The molecule has 0 unspecified atom stereocenters. The van der Waals surface area contributed by atoms with Crippen LogP contribution in [0.3, 0.4) is 0 Å². The molecule has 0 radical (unpaired) electrons. The van der Waals surface area contributed by atoms with Crippen LogP contribution in [0.25, 0.3) is 0 Å². The van der Waals surface area contributed by atoms with Gasteiger partial charge in [-0.2, -0.15) is 0 Å². The lowest BCUT2D eigenvalue weighted by Crippen LogP contribution is -2.57. The van der Waals surface area contributed by atoms with Gasteiger partial charge in [-0.05, 0) is 32.9 Å². The van der Waals surface area contributed by atoms with Crippen LogP contribution in [-0.4, -0.2) is 51.2 Å². The summed E-state index contributed by atoms with van der Waals surface area (Å²) in [5, 5.41) is 24.4. The van der Waals surface area contributed by atoms with E-state index in [1.807, 2.05) is 39.0 Å². The van der Waals surface area contributed by atoms with Crippen molar-refractivity contribution in [3.05, 3.63) is 41.1 Å². The number of carbonyl (C=O) groups is 1. The lowest BCUT2D eigenvalue weighted by molar-refractivity contribution is -0.725. The van der Waals surface area contributed by atoms with Gasteiger partial charge in [0.1, 0.15) is 0 Å². The van der Waals surface area contributed by atoms with Gasteiger partial charge in [0.05, 0.1) is 17.1 Å². The summed E-state index contributed by atoms with van der Waals surface area (Å²) >= 11 is 0. The van der Waals surface area contributed by atoms with E-state index in [4.69, 9.17) is 5.21 Å². The highest BCUT2D eigenvalue weighted by Gasteiger charge is 2.38. The Kier molecular flexibility index (Phi) is 4.54. The molecule has 1 amide bonds. The van der Waals surface area contributed by atoms with Crippen LogP contribution in [0.2, 0.25) is 0 Å². The molecule has 1 N–H and O–H groups in total. The van der Waals surface area contributed by atoms with E-state index in [0.29, 0.717) is 25.2 Å². The molecule has 1 saturated heterocycles. The number of benzene rings is 1. The summed E-state index contributed by atoms with van der Waals surface area (Å²) in [5.41, 5.74) is 0.210. The van der Waals surface area contributed by atoms with E-state index in [1.54, 1.807) is 17.0 Å². The number of carbonyl (C=O) groups excluding carboxylic acids is 1. The molecule has 0 atom stereocenters. The summed E-state index contributed by atoms with van der Waals surface area (Å²) in [6, 6.07) is 9.13. The largest absolute Gasteiger partial charge is 0.569 e. The number of nitrogens with zero attached hydrogens (tertiary/aromatic N) is 4.